The number of hydrogen-bond acceptors (Lipinski definition) is 4. The minimum absolute atomic E-state index is 0.0904. The lowest BCUT2D eigenvalue weighted by atomic mass is 10.1. The summed E-state index contributed by atoms with van der Waals surface area (Å²) in [5.41, 5.74) is 3.22. The quantitative estimate of drug-likeness (QED) is 0.754. The average Bonchev–Trinajstić information content (AvgIpc) is 3.08. The van der Waals surface area contributed by atoms with Gasteiger partial charge in [0.15, 0.2) is 0 Å². The summed E-state index contributed by atoms with van der Waals surface area (Å²) in [6, 6.07) is 8.15. The van der Waals surface area contributed by atoms with Crippen LogP contribution in [-0.2, 0) is 27.9 Å². The topological polar surface area (TPSA) is 56.6 Å². The molecule has 0 radical (unpaired) electrons. The van der Waals surface area contributed by atoms with Gasteiger partial charge in [-0.05, 0) is 17.2 Å². The standard InChI is InChI=1S/C19H23N3O3/c1-3-19(23)22(13-18-14-24-8-9-25-18)11-15-4-6-16(7-5-15)17-10-20-21(2)12-17/h3-7,10,12,18H,1,8-9,11,13-14H2,2H3. The van der Waals surface area contributed by atoms with Crippen molar-refractivity contribution in [1.82, 2.24) is 14.7 Å². The molecule has 1 amide bonds. The molecule has 6 heteroatoms. The van der Waals surface area contributed by atoms with Crippen LogP contribution in [0.25, 0.3) is 11.1 Å². The molecule has 1 aliphatic heterocycles. The van der Waals surface area contributed by atoms with Crippen LogP contribution in [0.2, 0.25) is 0 Å². The zero-order chi connectivity index (χ0) is 17.6. The molecular weight excluding hydrogens is 318 g/mol. The van der Waals surface area contributed by atoms with Crippen LogP contribution in [0.15, 0.2) is 49.3 Å². The molecule has 2 heterocycles. The highest BCUT2D eigenvalue weighted by atomic mass is 16.6. The SMILES string of the molecule is C=CC(=O)N(Cc1ccc(-c2cnn(C)c2)cc1)CC1COCCO1. The lowest BCUT2D eigenvalue weighted by molar-refractivity contribution is -0.134. The largest absolute Gasteiger partial charge is 0.376 e. The summed E-state index contributed by atoms with van der Waals surface area (Å²) >= 11 is 0. The monoisotopic (exact) mass is 341 g/mol. The number of rotatable bonds is 6. The second-order valence-electron chi connectivity index (χ2n) is 6.09. The third-order valence-electron chi connectivity index (χ3n) is 4.16. The maximum Gasteiger partial charge on any atom is 0.246 e. The zero-order valence-electron chi connectivity index (χ0n) is 14.4. The number of hydrogen-bond donors (Lipinski definition) is 0. The van der Waals surface area contributed by atoms with Crippen molar-refractivity contribution in [3.63, 3.8) is 0 Å². The Morgan fingerprint density at radius 2 is 2.16 bits per heavy atom. The van der Waals surface area contributed by atoms with Gasteiger partial charge in [-0.3, -0.25) is 9.48 Å². The predicted molar refractivity (Wildman–Crippen MR) is 94.8 cm³/mol. The minimum atomic E-state index is -0.106. The third-order valence-corrected chi connectivity index (χ3v) is 4.16. The maximum absolute atomic E-state index is 12.2. The molecule has 1 aromatic carbocycles. The van der Waals surface area contributed by atoms with E-state index in [1.807, 2.05) is 43.7 Å². The van der Waals surface area contributed by atoms with Crippen molar-refractivity contribution in [1.29, 1.82) is 0 Å². The highest BCUT2D eigenvalue weighted by Crippen LogP contribution is 2.19. The molecule has 25 heavy (non-hydrogen) atoms. The number of aromatic nitrogens is 2. The Labute approximate surface area is 147 Å². The summed E-state index contributed by atoms with van der Waals surface area (Å²) in [7, 11) is 1.90. The van der Waals surface area contributed by atoms with Crippen LogP contribution < -0.4 is 0 Å². The van der Waals surface area contributed by atoms with Crippen LogP contribution in [0, 0.1) is 0 Å². The molecule has 0 bridgehead atoms. The number of carbonyl (C=O) groups excluding carboxylic acids is 1. The van der Waals surface area contributed by atoms with Crippen molar-refractivity contribution in [2.75, 3.05) is 26.4 Å². The van der Waals surface area contributed by atoms with Crippen molar-refractivity contribution < 1.29 is 14.3 Å². The van der Waals surface area contributed by atoms with E-state index >= 15 is 0 Å². The molecule has 1 aromatic heterocycles. The van der Waals surface area contributed by atoms with E-state index in [1.54, 1.807) is 9.58 Å². The average molecular weight is 341 g/mol. The van der Waals surface area contributed by atoms with Gasteiger partial charge in [0.05, 0.1) is 32.1 Å². The van der Waals surface area contributed by atoms with Gasteiger partial charge < -0.3 is 14.4 Å². The van der Waals surface area contributed by atoms with Gasteiger partial charge in [0, 0.05) is 31.9 Å². The Morgan fingerprint density at radius 1 is 1.36 bits per heavy atom. The molecule has 1 aliphatic rings. The summed E-state index contributed by atoms with van der Waals surface area (Å²) in [4.78, 5) is 13.9. The fourth-order valence-electron chi connectivity index (χ4n) is 2.84. The summed E-state index contributed by atoms with van der Waals surface area (Å²) in [5.74, 6) is -0.106. The van der Waals surface area contributed by atoms with Gasteiger partial charge in [-0.1, -0.05) is 30.8 Å². The first-order valence-corrected chi connectivity index (χ1v) is 8.34. The van der Waals surface area contributed by atoms with E-state index in [1.165, 1.54) is 6.08 Å². The van der Waals surface area contributed by atoms with Gasteiger partial charge in [-0.15, -0.1) is 0 Å². The van der Waals surface area contributed by atoms with Crippen molar-refractivity contribution in [2.45, 2.75) is 12.6 Å². The fourth-order valence-corrected chi connectivity index (χ4v) is 2.84. The van der Waals surface area contributed by atoms with Gasteiger partial charge in [-0.25, -0.2) is 0 Å². The minimum Gasteiger partial charge on any atom is -0.376 e. The lowest BCUT2D eigenvalue weighted by Crippen LogP contribution is -2.41. The van der Waals surface area contributed by atoms with Gasteiger partial charge >= 0.3 is 0 Å². The number of carbonyl (C=O) groups is 1. The van der Waals surface area contributed by atoms with E-state index < -0.39 is 0 Å². The maximum atomic E-state index is 12.2. The number of ether oxygens (including phenoxy) is 2. The van der Waals surface area contributed by atoms with E-state index in [9.17, 15) is 4.79 Å². The van der Waals surface area contributed by atoms with E-state index in [-0.39, 0.29) is 12.0 Å². The van der Waals surface area contributed by atoms with Crippen LogP contribution in [0.5, 0.6) is 0 Å². The van der Waals surface area contributed by atoms with Crippen molar-refractivity contribution >= 4 is 5.91 Å². The third kappa shape index (κ3) is 4.55. The van der Waals surface area contributed by atoms with E-state index in [2.05, 4.69) is 11.7 Å². The first-order chi connectivity index (χ1) is 12.2. The Morgan fingerprint density at radius 3 is 2.76 bits per heavy atom. The zero-order valence-corrected chi connectivity index (χ0v) is 14.4. The summed E-state index contributed by atoms with van der Waals surface area (Å²) in [6.45, 7) is 6.30. The fraction of sp³-hybridized carbons (Fsp3) is 0.368. The van der Waals surface area contributed by atoms with Crippen LogP contribution in [0.1, 0.15) is 5.56 Å². The van der Waals surface area contributed by atoms with Gasteiger partial charge in [-0.2, -0.15) is 5.10 Å². The second-order valence-corrected chi connectivity index (χ2v) is 6.09. The molecule has 0 saturated carbocycles. The highest BCUT2D eigenvalue weighted by molar-refractivity contribution is 5.87. The first kappa shape index (κ1) is 17.4. The molecule has 132 valence electrons. The smallest absolute Gasteiger partial charge is 0.246 e. The van der Waals surface area contributed by atoms with Crippen molar-refractivity contribution in [3.05, 3.63) is 54.9 Å². The van der Waals surface area contributed by atoms with E-state index in [0.717, 1.165) is 16.7 Å². The normalized spacial score (nSPS) is 17.2. The molecule has 0 N–H and O–H groups in total. The molecular formula is C19H23N3O3. The molecule has 0 aliphatic carbocycles. The Hall–Kier alpha value is -2.44. The Balaban J connectivity index is 1.68. The van der Waals surface area contributed by atoms with Gasteiger partial charge in [0.25, 0.3) is 0 Å². The molecule has 6 nitrogen and oxygen atoms in total. The molecule has 1 atom stereocenters. The van der Waals surface area contributed by atoms with E-state index in [0.29, 0.717) is 32.9 Å². The number of amides is 1. The summed E-state index contributed by atoms with van der Waals surface area (Å²) in [5, 5.41) is 4.19. The Kier molecular flexibility index (Phi) is 5.63. The molecule has 1 fully saturated rings. The number of nitrogens with zero attached hydrogens (tertiary/aromatic N) is 3. The van der Waals surface area contributed by atoms with E-state index in [4.69, 9.17) is 9.47 Å². The number of aryl methyl sites for hydroxylation is 1. The molecule has 3 rings (SSSR count). The first-order valence-electron chi connectivity index (χ1n) is 8.34. The second kappa shape index (κ2) is 8.09. The molecule has 1 unspecified atom stereocenters. The van der Waals surface area contributed by atoms with Crippen LogP contribution in [0.4, 0.5) is 0 Å². The molecule has 1 saturated heterocycles. The van der Waals surface area contributed by atoms with Gasteiger partial charge in [0.2, 0.25) is 5.91 Å². The summed E-state index contributed by atoms with van der Waals surface area (Å²) < 4.78 is 12.9. The molecule has 0 spiro atoms. The number of benzene rings is 1. The van der Waals surface area contributed by atoms with Crippen molar-refractivity contribution in [2.24, 2.45) is 7.05 Å². The van der Waals surface area contributed by atoms with Crippen LogP contribution in [0.3, 0.4) is 0 Å². The molecule has 2 aromatic rings. The van der Waals surface area contributed by atoms with Gasteiger partial charge in [0.1, 0.15) is 0 Å². The van der Waals surface area contributed by atoms with Crippen LogP contribution >= 0.6 is 0 Å². The van der Waals surface area contributed by atoms with Crippen LogP contribution in [-0.4, -0.2) is 53.1 Å². The summed E-state index contributed by atoms with van der Waals surface area (Å²) in [6.07, 6.45) is 5.06. The lowest BCUT2D eigenvalue weighted by Gasteiger charge is -2.29. The van der Waals surface area contributed by atoms with Crippen molar-refractivity contribution in [3.8, 4) is 11.1 Å². The predicted octanol–water partition coefficient (Wildman–Crippen LogP) is 2.02. The Bertz CT molecular complexity index is 718. The highest BCUT2D eigenvalue weighted by Gasteiger charge is 2.20.